The Morgan fingerprint density at radius 1 is 0.714 bits per heavy atom. The summed E-state index contributed by atoms with van der Waals surface area (Å²) in [7, 11) is 0. The zero-order chi connectivity index (χ0) is 5.15. The Morgan fingerprint density at radius 2 is 0.857 bits per heavy atom. The van der Waals surface area contributed by atoms with E-state index in [0.717, 1.165) is 6.78 Å². The molecular weight excluding hydrogens is 356 g/mol. The highest BCUT2D eigenvalue weighted by molar-refractivity contribution is 9.32. The average Bonchev–Trinajstić information content (AvgIpc) is 1.36. The van der Waals surface area contributed by atoms with Gasteiger partial charge in [-0.05, 0) is 71.1 Å². The van der Waals surface area contributed by atoms with Crippen LogP contribution in [0.15, 0.2) is 6.78 Å². The molecule has 0 bridgehead atoms. The number of halogens is 4. The lowest BCUT2D eigenvalue weighted by atomic mass is 11.3. The van der Waals surface area contributed by atoms with Crippen molar-refractivity contribution in [2.75, 3.05) is 0 Å². The van der Waals surface area contributed by atoms with Gasteiger partial charge in [-0.3, -0.25) is 0 Å². The second kappa shape index (κ2) is 5.79. The van der Waals surface area contributed by atoms with Crippen LogP contribution in [0.1, 0.15) is 0 Å². The van der Waals surface area contributed by atoms with Crippen LogP contribution >= 0.6 is 63.7 Å². The predicted molar refractivity (Wildman–Crippen MR) is 47.0 cm³/mol. The second-order valence-corrected chi connectivity index (χ2v) is 5.82. The molecular formula is C3HBr4. The van der Waals surface area contributed by atoms with Crippen LogP contribution in [-0.2, 0) is 0 Å². The number of hydrogen-bond acceptors (Lipinski definition) is 0. The van der Waals surface area contributed by atoms with E-state index in [0.29, 0.717) is 0 Å². The van der Waals surface area contributed by atoms with E-state index in [1.54, 1.807) is 0 Å². The third-order valence-electron chi connectivity index (χ3n) is 0.143. The quantitative estimate of drug-likeness (QED) is 0.617. The molecule has 0 nitrogen and oxygen atoms in total. The molecule has 0 atom stereocenters. The van der Waals surface area contributed by atoms with Gasteiger partial charge in [-0.2, -0.15) is 0 Å². The summed E-state index contributed by atoms with van der Waals surface area (Å²) in [6.07, 6.45) is 0. The van der Waals surface area contributed by atoms with Crippen LogP contribution in [-0.4, -0.2) is 0 Å². The van der Waals surface area contributed by atoms with Crippen molar-refractivity contribution in [1.82, 2.24) is 0 Å². The lowest BCUT2D eigenvalue weighted by Crippen LogP contribution is -1.43. The molecule has 0 aliphatic carbocycles. The maximum atomic E-state index is 3.14. The summed E-state index contributed by atoms with van der Waals surface area (Å²) in [4.78, 5) is 0. The zero-order valence-electron chi connectivity index (χ0n) is 3.09. The fraction of sp³-hybridized carbons (Fsp3) is 0. The first-order chi connectivity index (χ1) is 2.64. The van der Waals surface area contributed by atoms with Crippen LogP contribution in [0.3, 0.4) is 0 Å². The Labute approximate surface area is 77.3 Å². The molecule has 0 aliphatic rings. The molecule has 0 fully saturated rings. The van der Waals surface area contributed by atoms with Gasteiger partial charge in [0.2, 0.25) is 0 Å². The van der Waals surface area contributed by atoms with Crippen LogP contribution in [0.4, 0.5) is 0 Å². The van der Waals surface area contributed by atoms with Crippen molar-refractivity contribution < 1.29 is 0 Å². The predicted octanol–water partition coefficient (Wildman–Crippen LogP) is 3.90. The minimum atomic E-state index is 0. The third-order valence-corrected chi connectivity index (χ3v) is 3.86. The summed E-state index contributed by atoms with van der Waals surface area (Å²) in [5, 5.41) is 0. The standard InChI is InChI=1S/C2Br4.CH/c3-1(4)2(5)6;/h;1H. The molecule has 0 rings (SSSR count). The molecule has 41 valence electrons. The number of hydrogen-bond donors (Lipinski definition) is 0. The van der Waals surface area contributed by atoms with Crippen molar-refractivity contribution in [1.29, 1.82) is 0 Å². The molecule has 0 saturated carbocycles. The van der Waals surface area contributed by atoms with Crippen molar-refractivity contribution in [3.63, 3.8) is 0 Å². The number of rotatable bonds is 0. The molecule has 0 N–H and O–H groups in total. The monoisotopic (exact) mass is 353 g/mol. The SMILES string of the molecule is BrC(Br)=C(Br)Br.[CH]. The van der Waals surface area contributed by atoms with Crippen LogP contribution in [0.25, 0.3) is 0 Å². The minimum Gasteiger partial charge on any atom is -0.0408 e. The second-order valence-electron chi connectivity index (χ2n) is 0.521. The summed E-state index contributed by atoms with van der Waals surface area (Å²) >= 11 is 12.6. The fourth-order valence-corrected chi connectivity index (χ4v) is 0. The summed E-state index contributed by atoms with van der Waals surface area (Å²) in [6.45, 7) is 0. The highest BCUT2D eigenvalue weighted by Crippen LogP contribution is 2.27. The molecule has 0 aromatic carbocycles. The lowest BCUT2D eigenvalue weighted by molar-refractivity contribution is 2.50. The maximum Gasteiger partial charge on any atom is 0.0816 e. The molecule has 4 heteroatoms. The van der Waals surface area contributed by atoms with Gasteiger partial charge >= 0.3 is 0 Å². The van der Waals surface area contributed by atoms with Crippen molar-refractivity contribution in [2.24, 2.45) is 0 Å². The molecule has 0 spiro atoms. The summed E-state index contributed by atoms with van der Waals surface area (Å²) < 4.78 is 1.77. The van der Waals surface area contributed by atoms with Gasteiger partial charge in [-0.25, -0.2) is 0 Å². The smallest absolute Gasteiger partial charge is 0.0408 e. The van der Waals surface area contributed by atoms with Crippen LogP contribution < -0.4 is 0 Å². The highest BCUT2D eigenvalue weighted by atomic mass is 79.9. The van der Waals surface area contributed by atoms with Crippen LogP contribution in [0.5, 0.6) is 0 Å². The summed E-state index contributed by atoms with van der Waals surface area (Å²) in [5.74, 6) is 0. The Balaban J connectivity index is 0. The van der Waals surface area contributed by atoms with Gasteiger partial charge in [0.25, 0.3) is 0 Å². The highest BCUT2D eigenvalue weighted by Gasteiger charge is 1.85. The fourth-order valence-electron chi connectivity index (χ4n) is 0. The Bertz CT molecular complexity index is 57.0. The van der Waals surface area contributed by atoms with E-state index in [4.69, 9.17) is 0 Å². The van der Waals surface area contributed by atoms with E-state index in [9.17, 15) is 0 Å². The Hall–Kier alpha value is 1.66. The zero-order valence-corrected chi connectivity index (χ0v) is 9.43. The molecule has 0 saturated heterocycles. The van der Waals surface area contributed by atoms with E-state index in [2.05, 4.69) is 63.7 Å². The lowest BCUT2D eigenvalue weighted by Gasteiger charge is -1.78. The normalized spacial score (nSPS) is 6.86. The first-order valence-corrected chi connectivity index (χ1v) is 4.18. The first kappa shape index (κ1) is 11.5. The topological polar surface area (TPSA) is 0 Å². The van der Waals surface area contributed by atoms with E-state index in [1.807, 2.05) is 0 Å². The molecule has 0 amide bonds. The van der Waals surface area contributed by atoms with E-state index < -0.39 is 0 Å². The molecule has 0 aliphatic heterocycles. The van der Waals surface area contributed by atoms with Gasteiger partial charge in [-0.1, -0.05) is 0 Å². The summed E-state index contributed by atoms with van der Waals surface area (Å²) in [6, 6.07) is 0. The van der Waals surface area contributed by atoms with Gasteiger partial charge in [-0.15, -0.1) is 0 Å². The molecule has 0 aromatic heterocycles. The van der Waals surface area contributed by atoms with Crippen molar-refractivity contribution in [3.8, 4) is 0 Å². The third kappa shape index (κ3) is 7.66. The Morgan fingerprint density at radius 3 is 0.857 bits per heavy atom. The summed E-state index contributed by atoms with van der Waals surface area (Å²) in [5.41, 5.74) is 0. The van der Waals surface area contributed by atoms with Crippen LogP contribution in [0.2, 0.25) is 0 Å². The molecule has 0 heterocycles. The van der Waals surface area contributed by atoms with Crippen molar-refractivity contribution >= 4 is 63.7 Å². The van der Waals surface area contributed by atoms with Crippen molar-refractivity contribution in [3.05, 3.63) is 14.2 Å². The van der Waals surface area contributed by atoms with Crippen LogP contribution in [0, 0.1) is 7.43 Å². The first-order valence-electron chi connectivity index (χ1n) is 1.01. The van der Waals surface area contributed by atoms with Gasteiger partial charge < -0.3 is 0 Å². The maximum absolute atomic E-state index is 3.14. The molecule has 3 radical (unpaired) electrons. The van der Waals surface area contributed by atoms with Crippen molar-refractivity contribution in [2.45, 2.75) is 0 Å². The van der Waals surface area contributed by atoms with E-state index >= 15 is 0 Å². The average molecular weight is 357 g/mol. The van der Waals surface area contributed by atoms with E-state index in [1.165, 1.54) is 0 Å². The van der Waals surface area contributed by atoms with Gasteiger partial charge in [0, 0.05) is 0 Å². The molecule has 0 unspecified atom stereocenters. The minimum absolute atomic E-state index is 0. The largest absolute Gasteiger partial charge is 0.0816 e. The van der Waals surface area contributed by atoms with Gasteiger partial charge in [0.1, 0.15) is 0 Å². The van der Waals surface area contributed by atoms with E-state index in [-0.39, 0.29) is 7.43 Å². The molecule has 7 heavy (non-hydrogen) atoms. The van der Waals surface area contributed by atoms with Gasteiger partial charge in [0.15, 0.2) is 0 Å². The van der Waals surface area contributed by atoms with Gasteiger partial charge in [0.05, 0.1) is 6.78 Å². The Kier molecular flexibility index (Phi) is 9.48. The molecule has 0 aromatic rings.